The number of anilines is 2. The van der Waals surface area contributed by atoms with Gasteiger partial charge in [0.15, 0.2) is 0 Å². The van der Waals surface area contributed by atoms with Crippen molar-refractivity contribution in [3.05, 3.63) is 23.8 Å². The third kappa shape index (κ3) is 1.33. The Morgan fingerprint density at radius 1 is 1.57 bits per heavy atom. The van der Waals surface area contributed by atoms with Crippen LogP contribution in [0.3, 0.4) is 0 Å². The van der Waals surface area contributed by atoms with E-state index in [0.717, 1.165) is 16.9 Å². The topological polar surface area (TPSA) is 58.4 Å². The van der Waals surface area contributed by atoms with Gasteiger partial charge in [-0.1, -0.05) is 6.07 Å². The van der Waals surface area contributed by atoms with E-state index in [1.807, 2.05) is 18.2 Å². The molecule has 0 saturated heterocycles. The van der Waals surface area contributed by atoms with Crippen LogP contribution in [0.4, 0.5) is 11.4 Å². The van der Waals surface area contributed by atoms with Crippen LogP contribution in [0.2, 0.25) is 0 Å². The van der Waals surface area contributed by atoms with Gasteiger partial charge < -0.3 is 16.0 Å². The molecule has 1 amide bonds. The first-order valence-corrected chi connectivity index (χ1v) is 4.56. The molecule has 0 radical (unpaired) electrons. The fourth-order valence-electron chi connectivity index (χ4n) is 1.57. The maximum Gasteiger partial charge on any atom is 0.246 e. The molecule has 2 rings (SSSR count). The Balaban J connectivity index is 2.43. The van der Waals surface area contributed by atoms with Gasteiger partial charge in [0.2, 0.25) is 5.91 Å². The number of likely N-dealkylation sites (N-methyl/N-ethyl adjacent to an activating group) is 1. The van der Waals surface area contributed by atoms with Gasteiger partial charge in [0, 0.05) is 13.6 Å². The lowest BCUT2D eigenvalue weighted by Crippen LogP contribution is -2.36. The summed E-state index contributed by atoms with van der Waals surface area (Å²) in [6.07, 6.45) is 0. The minimum absolute atomic E-state index is 0.0815. The molecule has 1 aromatic carbocycles. The molecular weight excluding hydrogens is 178 g/mol. The predicted octanol–water partition coefficient (Wildman–Crippen LogP) is 0.534. The van der Waals surface area contributed by atoms with Crippen molar-refractivity contribution in [3.8, 4) is 0 Å². The van der Waals surface area contributed by atoms with Crippen LogP contribution < -0.4 is 16.0 Å². The number of hydrogen-bond acceptors (Lipinski definition) is 3. The maximum atomic E-state index is 11.4. The van der Waals surface area contributed by atoms with Gasteiger partial charge >= 0.3 is 0 Å². The highest BCUT2D eigenvalue weighted by Gasteiger charge is 2.19. The molecule has 74 valence electrons. The van der Waals surface area contributed by atoms with Gasteiger partial charge in [0.05, 0.1) is 17.9 Å². The molecule has 0 aromatic heterocycles. The zero-order chi connectivity index (χ0) is 10.1. The van der Waals surface area contributed by atoms with Crippen LogP contribution in [0.25, 0.3) is 0 Å². The molecule has 1 aliphatic heterocycles. The minimum Gasteiger partial charge on any atom is -0.374 e. The monoisotopic (exact) mass is 191 g/mol. The molecule has 0 atom stereocenters. The number of nitrogens with one attached hydrogen (secondary N) is 1. The SMILES string of the molecule is CN1C(=O)CNc2cc(CN)ccc21. The number of rotatable bonds is 1. The molecule has 0 bridgehead atoms. The van der Waals surface area contributed by atoms with Crippen molar-refractivity contribution < 1.29 is 4.79 Å². The highest BCUT2D eigenvalue weighted by atomic mass is 16.2. The molecule has 0 spiro atoms. The quantitative estimate of drug-likeness (QED) is 0.681. The number of carbonyl (C=O) groups excluding carboxylic acids is 1. The van der Waals surface area contributed by atoms with Crippen molar-refractivity contribution in [1.82, 2.24) is 0 Å². The van der Waals surface area contributed by atoms with Gasteiger partial charge in [-0.25, -0.2) is 0 Å². The Morgan fingerprint density at radius 3 is 3.07 bits per heavy atom. The highest BCUT2D eigenvalue weighted by molar-refractivity contribution is 6.02. The Hall–Kier alpha value is -1.55. The van der Waals surface area contributed by atoms with E-state index >= 15 is 0 Å². The molecule has 4 nitrogen and oxygen atoms in total. The third-order valence-electron chi connectivity index (χ3n) is 2.46. The average molecular weight is 191 g/mol. The summed E-state index contributed by atoms with van der Waals surface area (Å²) in [5.41, 5.74) is 8.50. The second kappa shape index (κ2) is 3.31. The first kappa shape index (κ1) is 9.02. The lowest BCUT2D eigenvalue weighted by atomic mass is 10.1. The lowest BCUT2D eigenvalue weighted by Gasteiger charge is -2.27. The molecule has 0 aliphatic carbocycles. The number of benzene rings is 1. The van der Waals surface area contributed by atoms with Crippen LogP contribution in [-0.2, 0) is 11.3 Å². The molecule has 4 heteroatoms. The molecule has 1 aromatic rings. The Morgan fingerprint density at radius 2 is 2.36 bits per heavy atom. The number of nitrogens with two attached hydrogens (primary N) is 1. The second-order valence-corrected chi connectivity index (χ2v) is 3.36. The average Bonchev–Trinajstić information content (AvgIpc) is 2.23. The van der Waals surface area contributed by atoms with Gasteiger partial charge in [0.1, 0.15) is 0 Å². The van der Waals surface area contributed by atoms with Crippen LogP contribution in [0.5, 0.6) is 0 Å². The van der Waals surface area contributed by atoms with E-state index < -0.39 is 0 Å². The van der Waals surface area contributed by atoms with E-state index in [4.69, 9.17) is 5.73 Å². The maximum absolute atomic E-state index is 11.4. The van der Waals surface area contributed by atoms with E-state index in [9.17, 15) is 4.79 Å². The zero-order valence-electron chi connectivity index (χ0n) is 8.08. The van der Waals surface area contributed by atoms with Crippen molar-refractivity contribution in [2.45, 2.75) is 6.54 Å². The number of nitrogens with zero attached hydrogens (tertiary/aromatic N) is 1. The Labute approximate surface area is 82.7 Å². The van der Waals surface area contributed by atoms with Gasteiger partial charge in [-0.05, 0) is 17.7 Å². The normalized spacial score (nSPS) is 15.0. The van der Waals surface area contributed by atoms with E-state index in [-0.39, 0.29) is 5.91 Å². The number of carbonyl (C=O) groups is 1. The van der Waals surface area contributed by atoms with Crippen molar-refractivity contribution >= 4 is 17.3 Å². The summed E-state index contributed by atoms with van der Waals surface area (Å²) in [6, 6.07) is 5.84. The molecule has 0 fully saturated rings. The predicted molar refractivity (Wildman–Crippen MR) is 56.2 cm³/mol. The van der Waals surface area contributed by atoms with Crippen LogP contribution in [0.1, 0.15) is 5.56 Å². The largest absolute Gasteiger partial charge is 0.374 e. The fourth-order valence-corrected chi connectivity index (χ4v) is 1.57. The molecule has 0 unspecified atom stereocenters. The first-order valence-electron chi connectivity index (χ1n) is 4.56. The summed E-state index contributed by atoms with van der Waals surface area (Å²) in [4.78, 5) is 13.0. The number of amides is 1. The second-order valence-electron chi connectivity index (χ2n) is 3.36. The van der Waals surface area contributed by atoms with E-state index in [2.05, 4.69) is 5.32 Å². The molecule has 0 saturated carbocycles. The molecule has 1 heterocycles. The van der Waals surface area contributed by atoms with Gasteiger partial charge in [-0.3, -0.25) is 4.79 Å². The minimum atomic E-state index is 0.0815. The van der Waals surface area contributed by atoms with Crippen molar-refractivity contribution in [1.29, 1.82) is 0 Å². The van der Waals surface area contributed by atoms with E-state index in [0.29, 0.717) is 13.1 Å². The number of hydrogen-bond donors (Lipinski definition) is 2. The van der Waals surface area contributed by atoms with E-state index in [1.54, 1.807) is 11.9 Å². The third-order valence-corrected chi connectivity index (χ3v) is 2.46. The summed E-state index contributed by atoms with van der Waals surface area (Å²) in [6.45, 7) is 0.879. The summed E-state index contributed by atoms with van der Waals surface area (Å²) < 4.78 is 0. The first-order chi connectivity index (χ1) is 6.72. The van der Waals surface area contributed by atoms with Crippen molar-refractivity contribution in [2.75, 3.05) is 23.8 Å². The van der Waals surface area contributed by atoms with Crippen LogP contribution in [0.15, 0.2) is 18.2 Å². The van der Waals surface area contributed by atoms with Gasteiger partial charge in [-0.2, -0.15) is 0 Å². The van der Waals surface area contributed by atoms with E-state index in [1.165, 1.54) is 0 Å². The summed E-state index contributed by atoms with van der Waals surface area (Å²) in [7, 11) is 1.78. The summed E-state index contributed by atoms with van der Waals surface area (Å²) in [5.74, 6) is 0.0815. The van der Waals surface area contributed by atoms with Crippen molar-refractivity contribution in [2.24, 2.45) is 5.73 Å². The summed E-state index contributed by atoms with van der Waals surface area (Å²) >= 11 is 0. The van der Waals surface area contributed by atoms with Gasteiger partial charge in [-0.15, -0.1) is 0 Å². The van der Waals surface area contributed by atoms with Crippen molar-refractivity contribution in [3.63, 3.8) is 0 Å². The molecule has 3 N–H and O–H groups in total. The Kier molecular flexibility index (Phi) is 2.13. The van der Waals surface area contributed by atoms with Crippen LogP contribution in [-0.4, -0.2) is 19.5 Å². The smallest absolute Gasteiger partial charge is 0.246 e. The highest BCUT2D eigenvalue weighted by Crippen LogP contribution is 2.29. The standard InChI is InChI=1S/C10H13N3O/c1-13-9-3-2-7(5-11)4-8(9)12-6-10(13)14/h2-4,12H,5-6,11H2,1H3. The molecule has 14 heavy (non-hydrogen) atoms. The lowest BCUT2D eigenvalue weighted by molar-refractivity contribution is -0.116. The Bertz CT molecular complexity index is 376. The number of fused-ring (bicyclic) bond motifs is 1. The summed E-state index contributed by atoms with van der Waals surface area (Å²) in [5, 5.41) is 3.07. The van der Waals surface area contributed by atoms with Gasteiger partial charge in [0.25, 0.3) is 0 Å². The van der Waals surface area contributed by atoms with Crippen LogP contribution in [0, 0.1) is 0 Å². The fraction of sp³-hybridized carbons (Fsp3) is 0.300. The zero-order valence-corrected chi connectivity index (χ0v) is 8.08. The molecular formula is C10H13N3O. The molecule has 1 aliphatic rings. The van der Waals surface area contributed by atoms with Crippen LogP contribution >= 0.6 is 0 Å².